The van der Waals surface area contributed by atoms with E-state index in [4.69, 9.17) is 20.6 Å². The molecule has 0 bridgehead atoms. The van der Waals surface area contributed by atoms with Gasteiger partial charge in [0.1, 0.15) is 24.2 Å². The predicted molar refractivity (Wildman–Crippen MR) is 67.5 cm³/mol. The third-order valence-electron chi connectivity index (χ3n) is 2.17. The summed E-state index contributed by atoms with van der Waals surface area (Å²) in [7, 11) is 1.60. The Morgan fingerprint density at radius 1 is 1.33 bits per heavy atom. The summed E-state index contributed by atoms with van der Waals surface area (Å²) in [6.45, 7) is 1.58. The Morgan fingerprint density at radius 3 is 2.44 bits per heavy atom. The summed E-state index contributed by atoms with van der Waals surface area (Å²) in [5.41, 5.74) is 0. The standard InChI is InChI=1S/C14H16O4/c1-4-5-14(18-11(2)15)10-17-13-8-6-12(16-3)7-9-13/h1,6-9,14H,5,10H2,2-3H3/t14-/m1/s1. The first-order valence-corrected chi connectivity index (χ1v) is 5.53. The van der Waals surface area contributed by atoms with Gasteiger partial charge in [0.05, 0.1) is 7.11 Å². The van der Waals surface area contributed by atoms with Gasteiger partial charge in [-0.05, 0) is 24.3 Å². The number of hydrogen-bond acceptors (Lipinski definition) is 4. The highest BCUT2D eigenvalue weighted by molar-refractivity contribution is 5.66. The molecule has 0 aromatic heterocycles. The highest BCUT2D eigenvalue weighted by atomic mass is 16.6. The van der Waals surface area contributed by atoms with Crippen molar-refractivity contribution in [3.8, 4) is 23.8 Å². The minimum absolute atomic E-state index is 0.232. The molecule has 4 heteroatoms. The zero-order chi connectivity index (χ0) is 13.4. The lowest BCUT2D eigenvalue weighted by molar-refractivity contribution is -0.147. The molecule has 1 atom stereocenters. The quantitative estimate of drug-likeness (QED) is 0.571. The molecule has 4 nitrogen and oxygen atoms in total. The summed E-state index contributed by atoms with van der Waals surface area (Å²) in [5, 5.41) is 0. The summed E-state index contributed by atoms with van der Waals surface area (Å²) >= 11 is 0. The van der Waals surface area contributed by atoms with Gasteiger partial charge in [-0.2, -0.15) is 0 Å². The summed E-state index contributed by atoms with van der Waals surface area (Å²) in [5.74, 6) is 3.51. The van der Waals surface area contributed by atoms with Crippen LogP contribution in [-0.4, -0.2) is 25.8 Å². The second kappa shape index (κ2) is 7.23. The molecule has 0 unspecified atom stereocenters. The van der Waals surface area contributed by atoms with Gasteiger partial charge in [0, 0.05) is 13.3 Å². The lowest BCUT2D eigenvalue weighted by Gasteiger charge is -2.15. The van der Waals surface area contributed by atoms with Crippen molar-refractivity contribution in [1.29, 1.82) is 0 Å². The number of rotatable bonds is 6. The zero-order valence-corrected chi connectivity index (χ0v) is 10.5. The lowest BCUT2D eigenvalue weighted by Crippen LogP contribution is -2.23. The number of carbonyl (C=O) groups is 1. The van der Waals surface area contributed by atoms with Crippen molar-refractivity contribution in [2.24, 2.45) is 0 Å². The molecule has 1 aromatic rings. The van der Waals surface area contributed by atoms with Crippen LogP contribution in [0.1, 0.15) is 13.3 Å². The predicted octanol–water partition coefficient (Wildman–Crippen LogP) is 2.03. The van der Waals surface area contributed by atoms with E-state index in [1.165, 1.54) is 6.92 Å². The van der Waals surface area contributed by atoms with Gasteiger partial charge in [0.15, 0.2) is 0 Å². The molecule has 1 aromatic carbocycles. The number of terminal acetylenes is 1. The topological polar surface area (TPSA) is 44.8 Å². The monoisotopic (exact) mass is 248 g/mol. The molecule has 0 fully saturated rings. The Labute approximate surface area is 107 Å². The van der Waals surface area contributed by atoms with Crippen molar-refractivity contribution in [2.75, 3.05) is 13.7 Å². The van der Waals surface area contributed by atoms with Gasteiger partial charge < -0.3 is 14.2 Å². The molecule has 18 heavy (non-hydrogen) atoms. The number of esters is 1. The van der Waals surface area contributed by atoms with E-state index in [1.807, 2.05) is 0 Å². The van der Waals surface area contributed by atoms with E-state index in [2.05, 4.69) is 5.92 Å². The zero-order valence-electron chi connectivity index (χ0n) is 10.5. The number of hydrogen-bond donors (Lipinski definition) is 0. The third-order valence-corrected chi connectivity index (χ3v) is 2.17. The van der Waals surface area contributed by atoms with Gasteiger partial charge in [-0.3, -0.25) is 4.79 Å². The molecule has 0 heterocycles. The third kappa shape index (κ3) is 4.79. The molecule has 0 spiro atoms. The van der Waals surface area contributed by atoms with Gasteiger partial charge in [-0.25, -0.2) is 0 Å². The molecule has 1 rings (SSSR count). The van der Waals surface area contributed by atoms with Crippen LogP contribution in [0, 0.1) is 12.3 Å². The Morgan fingerprint density at radius 2 is 1.94 bits per heavy atom. The van der Waals surface area contributed by atoms with Crippen LogP contribution in [0.4, 0.5) is 0 Å². The fourth-order valence-electron chi connectivity index (χ4n) is 1.36. The number of carbonyl (C=O) groups excluding carboxylic acids is 1. The van der Waals surface area contributed by atoms with Crippen LogP contribution in [0.25, 0.3) is 0 Å². The molecule has 0 amide bonds. The molecule has 0 N–H and O–H groups in total. The summed E-state index contributed by atoms with van der Waals surface area (Å²) in [4.78, 5) is 10.9. The summed E-state index contributed by atoms with van der Waals surface area (Å²) in [6, 6.07) is 7.13. The minimum atomic E-state index is -0.422. The van der Waals surface area contributed by atoms with E-state index in [1.54, 1.807) is 31.4 Å². The first-order valence-electron chi connectivity index (χ1n) is 5.53. The van der Waals surface area contributed by atoms with Crippen LogP contribution >= 0.6 is 0 Å². The maximum absolute atomic E-state index is 10.9. The Hall–Kier alpha value is -2.15. The highest BCUT2D eigenvalue weighted by Crippen LogP contribution is 2.17. The number of benzene rings is 1. The first-order chi connectivity index (χ1) is 8.65. The average Bonchev–Trinajstić information content (AvgIpc) is 2.36. The van der Waals surface area contributed by atoms with E-state index >= 15 is 0 Å². The van der Waals surface area contributed by atoms with E-state index in [0.717, 1.165) is 5.75 Å². The number of ether oxygens (including phenoxy) is 3. The largest absolute Gasteiger partial charge is 0.497 e. The second-order valence-electron chi connectivity index (χ2n) is 3.63. The van der Waals surface area contributed by atoms with Crippen molar-refractivity contribution >= 4 is 5.97 Å². The first kappa shape index (κ1) is 13.9. The SMILES string of the molecule is C#CC[C@H](COc1ccc(OC)cc1)OC(C)=O. The van der Waals surface area contributed by atoms with E-state index in [0.29, 0.717) is 12.2 Å². The molecule has 0 saturated carbocycles. The van der Waals surface area contributed by atoms with Gasteiger partial charge in [0.2, 0.25) is 0 Å². The normalized spacial score (nSPS) is 11.2. The molecular formula is C14H16O4. The highest BCUT2D eigenvalue weighted by Gasteiger charge is 2.11. The fraction of sp³-hybridized carbons (Fsp3) is 0.357. The van der Waals surface area contributed by atoms with Gasteiger partial charge >= 0.3 is 5.97 Å². The molecule has 0 aliphatic heterocycles. The maximum Gasteiger partial charge on any atom is 0.303 e. The van der Waals surface area contributed by atoms with Crippen LogP contribution in [0.5, 0.6) is 11.5 Å². The lowest BCUT2D eigenvalue weighted by atomic mass is 10.2. The van der Waals surface area contributed by atoms with E-state index in [9.17, 15) is 4.79 Å². The van der Waals surface area contributed by atoms with Crippen molar-refractivity contribution in [2.45, 2.75) is 19.4 Å². The van der Waals surface area contributed by atoms with Crippen LogP contribution in [0.3, 0.4) is 0 Å². The Balaban J connectivity index is 2.50. The smallest absolute Gasteiger partial charge is 0.303 e. The maximum atomic E-state index is 10.9. The Bertz CT molecular complexity index is 416. The van der Waals surface area contributed by atoms with Gasteiger partial charge in [0.25, 0.3) is 0 Å². The van der Waals surface area contributed by atoms with Crippen LogP contribution in [0.2, 0.25) is 0 Å². The molecule has 0 radical (unpaired) electrons. The minimum Gasteiger partial charge on any atom is -0.497 e. The molecule has 0 saturated heterocycles. The fourth-order valence-corrected chi connectivity index (χ4v) is 1.36. The molecule has 0 aliphatic carbocycles. The van der Waals surface area contributed by atoms with E-state index in [-0.39, 0.29) is 12.6 Å². The average molecular weight is 248 g/mol. The van der Waals surface area contributed by atoms with E-state index < -0.39 is 6.10 Å². The van der Waals surface area contributed by atoms with Gasteiger partial charge in [-0.15, -0.1) is 12.3 Å². The van der Waals surface area contributed by atoms with Gasteiger partial charge in [-0.1, -0.05) is 0 Å². The Kier molecular flexibility index (Phi) is 5.59. The summed E-state index contributed by atoms with van der Waals surface area (Å²) in [6.07, 6.45) is 5.11. The second-order valence-corrected chi connectivity index (χ2v) is 3.63. The van der Waals surface area contributed by atoms with Crippen molar-refractivity contribution in [3.05, 3.63) is 24.3 Å². The van der Waals surface area contributed by atoms with Crippen LogP contribution in [-0.2, 0) is 9.53 Å². The molecule has 96 valence electrons. The van der Waals surface area contributed by atoms with Crippen molar-refractivity contribution < 1.29 is 19.0 Å². The van der Waals surface area contributed by atoms with Crippen molar-refractivity contribution in [1.82, 2.24) is 0 Å². The summed E-state index contributed by atoms with van der Waals surface area (Å²) < 4.78 is 15.6. The molecular weight excluding hydrogens is 232 g/mol. The van der Waals surface area contributed by atoms with Crippen LogP contribution < -0.4 is 9.47 Å². The number of methoxy groups -OCH3 is 1. The van der Waals surface area contributed by atoms with Crippen molar-refractivity contribution in [3.63, 3.8) is 0 Å². The molecule has 0 aliphatic rings. The van der Waals surface area contributed by atoms with Crippen LogP contribution in [0.15, 0.2) is 24.3 Å².